The molecular formula is C17H18N6. The van der Waals surface area contributed by atoms with Gasteiger partial charge in [0.15, 0.2) is 11.6 Å². The molecule has 0 unspecified atom stereocenters. The van der Waals surface area contributed by atoms with Crippen molar-refractivity contribution in [1.29, 1.82) is 0 Å². The molecular weight excluding hydrogens is 288 g/mol. The second-order valence-corrected chi connectivity index (χ2v) is 5.23. The zero-order chi connectivity index (χ0) is 16.1. The minimum atomic E-state index is 0.495. The second kappa shape index (κ2) is 6.83. The molecule has 0 saturated carbocycles. The summed E-state index contributed by atoms with van der Waals surface area (Å²) in [6.45, 7) is 0.495. The van der Waals surface area contributed by atoms with Crippen molar-refractivity contribution in [3.63, 3.8) is 0 Å². The first-order valence-corrected chi connectivity index (χ1v) is 7.32. The first-order chi connectivity index (χ1) is 11.2. The Balaban J connectivity index is 1.70. The molecule has 2 heterocycles. The lowest BCUT2D eigenvalue weighted by Crippen LogP contribution is -2.15. The zero-order valence-electron chi connectivity index (χ0n) is 13.1. The fraction of sp³-hybridized carbons (Fsp3) is 0.176. The molecule has 6 nitrogen and oxygen atoms in total. The lowest BCUT2D eigenvalue weighted by Gasteiger charge is -2.15. The van der Waals surface area contributed by atoms with Crippen molar-refractivity contribution in [1.82, 2.24) is 19.9 Å². The summed E-state index contributed by atoms with van der Waals surface area (Å²) in [7, 11) is 3.86. The van der Waals surface area contributed by atoms with Crippen LogP contribution in [0.2, 0.25) is 0 Å². The van der Waals surface area contributed by atoms with Crippen LogP contribution < -0.4 is 10.2 Å². The van der Waals surface area contributed by atoms with Gasteiger partial charge in [0.05, 0.1) is 6.54 Å². The van der Waals surface area contributed by atoms with Crippen LogP contribution >= 0.6 is 0 Å². The topological polar surface area (TPSA) is 66.8 Å². The third kappa shape index (κ3) is 3.60. The molecule has 1 N–H and O–H groups in total. The third-order valence-electron chi connectivity index (χ3n) is 3.33. The summed E-state index contributed by atoms with van der Waals surface area (Å²) in [5.41, 5.74) is 2.11. The Morgan fingerprint density at radius 1 is 0.870 bits per heavy atom. The van der Waals surface area contributed by atoms with E-state index in [9.17, 15) is 0 Å². The molecule has 0 saturated heterocycles. The molecule has 0 fully saturated rings. The number of hydrogen-bond acceptors (Lipinski definition) is 6. The van der Waals surface area contributed by atoms with E-state index in [1.54, 1.807) is 12.4 Å². The van der Waals surface area contributed by atoms with E-state index in [0.717, 1.165) is 16.9 Å². The normalized spacial score (nSPS) is 10.3. The Morgan fingerprint density at radius 2 is 1.57 bits per heavy atom. The molecule has 0 aliphatic carbocycles. The average molecular weight is 306 g/mol. The van der Waals surface area contributed by atoms with Crippen LogP contribution in [0.4, 0.5) is 11.6 Å². The summed E-state index contributed by atoms with van der Waals surface area (Å²) >= 11 is 0. The maximum absolute atomic E-state index is 4.41. The van der Waals surface area contributed by atoms with E-state index in [1.807, 2.05) is 61.7 Å². The summed E-state index contributed by atoms with van der Waals surface area (Å²) < 4.78 is 0. The molecule has 6 heteroatoms. The standard InChI is InChI=1S/C17H18N6/c1-23(2)17-16(18-8-9-19-17)22-12-15-20-10-14(11-21-15)13-6-4-3-5-7-13/h3-11H,12H2,1-2H3,(H,18,22). The van der Waals surface area contributed by atoms with Gasteiger partial charge in [-0.15, -0.1) is 0 Å². The van der Waals surface area contributed by atoms with Crippen molar-refractivity contribution in [2.75, 3.05) is 24.3 Å². The molecule has 0 aliphatic heterocycles. The van der Waals surface area contributed by atoms with Crippen molar-refractivity contribution in [2.24, 2.45) is 0 Å². The van der Waals surface area contributed by atoms with E-state index < -0.39 is 0 Å². The smallest absolute Gasteiger partial charge is 0.171 e. The van der Waals surface area contributed by atoms with Crippen molar-refractivity contribution >= 4 is 11.6 Å². The van der Waals surface area contributed by atoms with Crippen molar-refractivity contribution in [3.8, 4) is 11.1 Å². The number of nitrogens with zero attached hydrogens (tertiary/aromatic N) is 5. The van der Waals surface area contributed by atoms with Crippen LogP contribution in [0.1, 0.15) is 5.82 Å². The first kappa shape index (κ1) is 14.9. The van der Waals surface area contributed by atoms with Crippen LogP contribution in [0.5, 0.6) is 0 Å². The van der Waals surface area contributed by atoms with Gasteiger partial charge in [-0.2, -0.15) is 0 Å². The average Bonchev–Trinajstić information content (AvgIpc) is 2.61. The van der Waals surface area contributed by atoms with Gasteiger partial charge in [-0.05, 0) is 5.56 Å². The molecule has 3 rings (SSSR count). The van der Waals surface area contributed by atoms with E-state index in [-0.39, 0.29) is 0 Å². The Morgan fingerprint density at radius 3 is 2.26 bits per heavy atom. The summed E-state index contributed by atoms with van der Waals surface area (Å²) in [4.78, 5) is 19.3. The van der Waals surface area contributed by atoms with Crippen LogP contribution in [-0.4, -0.2) is 34.0 Å². The maximum Gasteiger partial charge on any atom is 0.171 e. The highest BCUT2D eigenvalue weighted by Crippen LogP contribution is 2.19. The van der Waals surface area contributed by atoms with E-state index in [0.29, 0.717) is 18.2 Å². The molecule has 0 amide bonds. The highest BCUT2D eigenvalue weighted by molar-refractivity contribution is 5.61. The molecule has 1 aromatic carbocycles. The van der Waals surface area contributed by atoms with Crippen molar-refractivity contribution in [3.05, 3.63) is 60.9 Å². The Kier molecular flexibility index (Phi) is 4.42. The lowest BCUT2D eigenvalue weighted by atomic mass is 10.1. The summed E-state index contributed by atoms with van der Waals surface area (Å²) in [5, 5.41) is 3.23. The van der Waals surface area contributed by atoms with Crippen LogP contribution in [0, 0.1) is 0 Å². The summed E-state index contributed by atoms with van der Waals surface area (Å²) in [6.07, 6.45) is 7.01. The van der Waals surface area contributed by atoms with Gasteiger partial charge in [-0.25, -0.2) is 19.9 Å². The number of rotatable bonds is 5. The van der Waals surface area contributed by atoms with Gasteiger partial charge >= 0.3 is 0 Å². The summed E-state index contributed by atoms with van der Waals surface area (Å²) in [6, 6.07) is 10.1. The predicted octanol–water partition coefficient (Wildman–Crippen LogP) is 2.61. The fourth-order valence-electron chi connectivity index (χ4n) is 2.17. The van der Waals surface area contributed by atoms with E-state index >= 15 is 0 Å². The third-order valence-corrected chi connectivity index (χ3v) is 3.33. The minimum Gasteiger partial charge on any atom is -0.360 e. The quantitative estimate of drug-likeness (QED) is 0.781. The van der Waals surface area contributed by atoms with Gasteiger partial charge in [0.25, 0.3) is 0 Å². The highest BCUT2D eigenvalue weighted by Gasteiger charge is 2.07. The highest BCUT2D eigenvalue weighted by atomic mass is 15.2. The maximum atomic E-state index is 4.41. The molecule has 116 valence electrons. The SMILES string of the molecule is CN(C)c1nccnc1NCc1ncc(-c2ccccc2)cn1. The summed E-state index contributed by atoms with van der Waals surface area (Å²) in [5.74, 6) is 2.21. The number of anilines is 2. The zero-order valence-corrected chi connectivity index (χ0v) is 13.1. The largest absolute Gasteiger partial charge is 0.360 e. The molecule has 23 heavy (non-hydrogen) atoms. The van der Waals surface area contributed by atoms with Crippen molar-refractivity contribution < 1.29 is 0 Å². The lowest BCUT2D eigenvalue weighted by molar-refractivity contribution is 0.933. The van der Waals surface area contributed by atoms with Crippen LogP contribution in [0.15, 0.2) is 55.1 Å². The van der Waals surface area contributed by atoms with E-state index in [2.05, 4.69) is 25.3 Å². The van der Waals surface area contributed by atoms with Gasteiger partial charge in [-0.1, -0.05) is 30.3 Å². The van der Waals surface area contributed by atoms with Gasteiger partial charge < -0.3 is 10.2 Å². The van der Waals surface area contributed by atoms with Crippen LogP contribution in [0.3, 0.4) is 0 Å². The first-order valence-electron chi connectivity index (χ1n) is 7.32. The number of aromatic nitrogens is 4. The van der Waals surface area contributed by atoms with Gasteiger partial charge in [0, 0.05) is 44.4 Å². The van der Waals surface area contributed by atoms with E-state index in [1.165, 1.54) is 0 Å². The Labute approximate surface area is 135 Å². The molecule has 0 aliphatic rings. The number of hydrogen-bond donors (Lipinski definition) is 1. The number of nitrogens with one attached hydrogen (secondary N) is 1. The molecule has 2 aromatic heterocycles. The van der Waals surface area contributed by atoms with Crippen LogP contribution in [-0.2, 0) is 6.54 Å². The minimum absolute atomic E-state index is 0.495. The molecule has 0 spiro atoms. The van der Waals surface area contributed by atoms with Gasteiger partial charge in [-0.3, -0.25) is 0 Å². The second-order valence-electron chi connectivity index (χ2n) is 5.23. The predicted molar refractivity (Wildman–Crippen MR) is 91.2 cm³/mol. The molecule has 0 radical (unpaired) electrons. The van der Waals surface area contributed by atoms with Crippen molar-refractivity contribution in [2.45, 2.75) is 6.54 Å². The van der Waals surface area contributed by atoms with Gasteiger partial charge in [0.2, 0.25) is 0 Å². The fourth-order valence-corrected chi connectivity index (χ4v) is 2.17. The molecule has 3 aromatic rings. The Hall–Kier alpha value is -3.02. The van der Waals surface area contributed by atoms with Gasteiger partial charge in [0.1, 0.15) is 5.82 Å². The van der Waals surface area contributed by atoms with Crippen LogP contribution in [0.25, 0.3) is 11.1 Å². The monoisotopic (exact) mass is 306 g/mol. The molecule has 0 atom stereocenters. The number of benzene rings is 1. The van der Waals surface area contributed by atoms with E-state index in [4.69, 9.17) is 0 Å². The Bertz CT molecular complexity index is 756. The molecule has 0 bridgehead atoms.